The minimum Gasteiger partial charge on any atom is -0.387 e. The number of nitrogens with zero attached hydrogens (tertiary/aromatic N) is 2. The molecule has 0 radical (unpaired) electrons. The monoisotopic (exact) mass is 329 g/mol. The van der Waals surface area contributed by atoms with Gasteiger partial charge in [-0.15, -0.1) is 0 Å². The van der Waals surface area contributed by atoms with Crippen molar-refractivity contribution in [2.75, 3.05) is 6.54 Å². The van der Waals surface area contributed by atoms with Crippen LogP contribution in [0.5, 0.6) is 0 Å². The lowest BCUT2D eigenvalue weighted by Crippen LogP contribution is -2.41. The lowest BCUT2D eigenvalue weighted by Gasteiger charge is -2.22. The van der Waals surface area contributed by atoms with E-state index >= 15 is 0 Å². The number of urea groups is 1. The van der Waals surface area contributed by atoms with Gasteiger partial charge in [0.05, 0.1) is 12.6 Å². The normalized spacial score (nSPS) is 21.7. The number of aliphatic hydroxyl groups is 1. The van der Waals surface area contributed by atoms with Crippen molar-refractivity contribution in [3.05, 3.63) is 65.7 Å². The van der Waals surface area contributed by atoms with Gasteiger partial charge in [0.15, 0.2) is 0 Å². The molecular weight excluding hydrogens is 313 g/mol. The second-order valence-corrected chi connectivity index (χ2v) is 5.78. The van der Waals surface area contributed by atoms with Crippen LogP contribution in [0.4, 0.5) is 9.18 Å². The zero-order valence-corrected chi connectivity index (χ0v) is 12.9. The van der Waals surface area contributed by atoms with E-state index in [1.807, 2.05) is 0 Å². The number of halogens is 1. The van der Waals surface area contributed by atoms with Gasteiger partial charge in [-0.2, -0.15) is 0 Å². The number of nitrogens with one attached hydrogen (secondary N) is 1. The number of hydrogen-bond donors (Lipinski definition) is 2. The Balaban J connectivity index is 1.81. The minimum absolute atomic E-state index is 0.216. The Morgan fingerprint density at radius 1 is 1.29 bits per heavy atom. The number of pyridine rings is 1. The maximum absolute atomic E-state index is 13.0. The highest BCUT2D eigenvalue weighted by molar-refractivity contribution is 6.07. The van der Waals surface area contributed by atoms with E-state index in [0.29, 0.717) is 11.1 Å². The number of benzene rings is 1. The number of hydrogen-bond acceptors (Lipinski definition) is 4. The molecule has 2 N–H and O–H groups in total. The molecule has 7 heteroatoms. The van der Waals surface area contributed by atoms with Crippen molar-refractivity contribution in [1.29, 1.82) is 0 Å². The number of imide groups is 1. The Kier molecular flexibility index (Phi) is 4.02. The maximum atomic E-state index is 13.0. The van der Waals surface area contributed by atoms with Gasteiger partial charge in [0.1, 0.15) is 11.4 Å². The predicted octanol–water partition coefficient (Wildman–Crippen LogP) is 1.72. The summed E-state index contributed by atoms with van der Waals surface area (Å²) < 4.78 is 13.0. The summed E-state index contributed by atoms with van der Waals surface area (Å²) in [6.45, 7) is 1.38. The van der Waals surface area contributed by atoms with Crippen LogP contribution in [0.15, 0.2) is 48.8 Å². The van der Waals surface area contributed by atoms with Crippen molar-refractivity contribution < 1.29 is 19.1 Å². The zero-order valence-electron chi connectivity index (χ0n) is 12.9. The van der Waals surface area contributed by atoms with Crippen LogP contribution in [0.1, 0.15) is 24.2 Å². The summed E-state index contributed by atoms with van der Waals surface area (Å²) in [5.74, 6) is -0.897. The number of aliphatic hydroxyl groups excluding tert-OH is 1. The van der Waals surface area contributed by atoms with Gasteiger partial charge < -0.3 is 10.4 Å². The first-order valence-corrected chi connectivity index (χ1v) is 7.40. The SMILES string of the molecule is C[C@]1(c2cccnc2)NC(=O)N(C[C@@H](O)c2ccc(F)cc2)C1=O. The molecule has 2 aromatic rings. The van der Waals surface area contributed by atoms with Crippen molar-refractivity contribution in [3.63, 3.8) is 0 Å². The molecule has 1 aromatic carbocycles. The van der Waals surface area contributed by atoms with E-state index in [9.17, 15) is 19.1 Å². The summed E-state index contributed by atoms with van der Waals surface area (Å²) >= 11 is 0. The molecule has 0 saturated carbocycles. The summed E-state index contributed by atoms with van der Waals surface area (Å²) in [5.41, 5.74) is -0.248. The van der Waals surface area contributed by atoms with Gasteiger partial charge in [-0.25, -0.2) is 9.18 Å². The third kappa shape index (κ3) is 2.74. The minimum atomic E-state index is -1.23. The largest absolute Gasteiger partial charge is 0.387 e. The molecule has 1 saturated heterocycles. The Hall–Kier alpha value is -2.80. The molecule has 3 amide bonds. The molecule has 1 aliphatic heterocycles. The molecule has 1 aromatic heterocycles. The second-order valence-electron chi connectivity index (χ2n) is 5.78. The molecule has 1 aliphatic rings. The molecule has 24 heavy (non-hydrogen) atoms. The first-order valence-electron chi connectivity index (χ1n) is 7.40. The lowest BCUT2D eigenvalue weighted by atomic mass is 9.93. The van der Waals surface area contributed by atoms with Gasteiger partial charge in [-0.3, -0.25) is 14.7 Å². The van der Waals surface area contributed by atoms with Crippen LogP contribution in [0.25, 0.3) is 0 Å². The molecule has 0 spiro atoms. The smallest absolute Gasteiger partial charge is 0.325 e. The average molecular weight is 329 g/mol. The Bertz CT molecular complexity index is 766. The first-order chi connectivity index (χ1) is 11.4. The van der Waals surface area contributed by atoms with Crippen LogP contribution in [0.3, 0.4) is 0 Å². The molecule has 6 nitrogen and oxygen atoms in total. The molecule has 2 heterocycles. The molecular formula is C17H16FN3O3. The van der Waals surface area contributed by atoms with Gasteiger partial charge in [-0.05, 0) is 30.7 Å². The number of rotatable bonds is 4. The van der Waals surface area contributed by atoms with Crippen molar-refractivity contribution in [1.82, 2.24) is 15.2 Å². The standard InChI is InChI=1S/C17H16FN3O3/c1-17(12-3-2-8-19-9-12)15(23)21(16(24)20-17)10-14(22)11-4-6-13(18)7-5-11/h2-9,14,22H,10H2,1H3,(H,20,24)/t14-,17-/m1/s1. The fraction of sp³-hybridized carbons (Fsp3) is 0.235. The van der Waals surface area contributed by atoms with Crippen LogP contribution >= 0.6 is 0 Å². The van der Waals surface area contributed by atoms with E-state index in [1.54, 1.807) is 25.3 Å². The summed E-state index contributed by atoms with van der Waals surface area (Å²) in [4.78, 5) is 29.8. The predicted molar refractivity (Wildman–Crippen MR) is 83.2 cm³/mol. The Morgan fingerprint density at radius 2 is 2.00 bits per heavy atom. The Labute approximate surface area is 137 Å². The highest BCUT2D eigenvalue weighted by Gasteiger charge is 2.49. The summed E-state index contributed by atoms with van der Waals surface area (Å²) in [6, 6.07) is 8.04. The van der Waals surface area contributed by atoms with Crippen molar-refractivity contribution in [3.8, 4) is 0 Å². The first kappa shape index (κ1) is 16.1. The van der Waals surface area contributed by atoms with Crippen LogP contribution in [-0.4, -0.2) is 33.5 Å². The highest BCUT2D eigenvalue weighted by atomic mass is 19.1. The molecule has 2 atom stereocenters. The van der Waals surface area contributed by atoms with Gasteiger partial charge in [0, 0.05) is 18.0 Å². The Morgan fingerprint density at radius 3 is 2.62 bits per heavy atom. The number of carbonyl (C=O) groups excluding carboxylic acids is 2. The number of aromatic nitrogens is 1. The van der Waals surface area contributed by atoms with E-state index in [1.165, 1.54) is 30.5 Å². The van der Waals surface area contributed by atoms with Gasteiger partial charge in [0.25, 0.3) is 5.91 Å². The van der Waals surface area contributed by atoms with E-state index in [4.69, 9.17) is 0 Å². The molecule has 1 fully saturated rings. The zero-order chi connectivity index (χ0) is 17.3. The van der Waals surface area contributed by atoms with E-state index in [2.05, 4.69) is 10.3 Å². The maximum Gasteiger partial charge on any atom is 0.325 e. The second kappa shape index (κ2) is 6.01. The third-order valence-corrected chi connectivity index (χ3v) is 4.12. The fourth-order valence-electron chi connectivity index (χ4n) is 2.68. The quantitative estimate of drug-likeness (QED) is 0.837. The number of β-amino-alcohol motifs (C(OH)–C–C–N with tert-alkyl or cyclic N) is 1. The summed E-state index contributed by atoms with van der Waals surface area (Å²) in [6.07, 6.45) is 1.99. The lowest BCUT2D eigenvalue weighted by molar-refractivity contribution is -0.132. The van der Waals surface area contributed by atoms with E-state index in [-0.39, 0.29) is 6.54 Å². The van der Waals surface area contributed by atoms with Gasteiger partial charge >= 0.3 is 6.03 Å². The van der Waals surface area contributed by atoms with Crippen molar-refractivity contribution in [2.45, 2.75) is 18.6 Å². The van der Waals surface area contributed by atoms with Gasteiger partial charge in [0.2, 0.25) is 0 Å². The average Bonchev–Trinajstić information content (AvgIpc) is 2.80. The highest BCUT2D eigenvalue weighted by Crippen LogP contribution is 2.29. The van der Waals surface area contributed by atoms with Gasteiger partial charge in [-0.1, -0.05) is 18.2 Å². The van der Waals surface area contributed by atoms with Crippen LogP contribution in [0.2, 0.25) is 0 Å². The molecule has 0 aliphatic carbocycles. The molecule has 3 rings (SSSR count). The van der Waals surface area contributed by atoms with Crippen molar-refractivity contribution in [2.24, 2.45) is 0 Å². The molecule has 0 bridgehead atoms. The summed E-state index contributed by atoms with van der Waals surface area (Å²) in [5, 5.41) is 12.9. The third-order valence-electron chi connectivity index (χ3n) is 4.12. The number of amides is 3. The number of carbonyl (C=O) groups is 2. The van der Waals surface area contributed by atoms with E-state index < -0.39 is 29.4 Å². The van der Waals surface area contributed by atoms with Crippen LogP contribution in [0, 0.1) is 5.82 Å². The van der Waals surface area contributed by atoms with Crippen molar-refractivity contribution >= 4 is 11.9 Å². The van der Waals surface area contributed by atoms with Crippen LogP contribution in [-0.2, 0) is 10.3 Å². The summed E-state index contributed by atoms with van der Waals surface area (Å²) in [7, 11) is 0. The fourth-order valence-corrected chi connectivity index (χ4v) is 2.68. The van der Waals surface area contributed by atoms with E-state index in [0.717, 1.165) is 4.90 Å². The van der Waals surface area contributed by atoms with Crippen LogP contribution < -0.4 is 5.32 Å². The molecule has 0 unspecified atom stereocenters. The topological polar surface area (TPSA) is 82.5 Å². The molecule has 124 valence electrons.